The number of likely N-dealkylation sites (tertiary alicyclic amines) is 1. The van der Waals surface area contributed by atoms with Crippen molar-refractivity contribution in [1.29, 1.82) is 0 Å². The summed E-state index contributed by atoms with van der Waals surface area (Å²) in [6, 6.07) is 12.2. The Balaban J connectivity index is 1.62. The van der Waals surface area contributed by atoms with Gasteiger partial charge in [0.1, 0.15) is 10.6 Å². The van der Waals surface area contributed by atoms with Gasteiger partial charge in [-0.3, -0.25) is 9.52 Å². The lowest BCUT2D eigenvalue weighted by Gasteiger charge is -2.44. The molecular formula is C25H32N2O4S. The molecule has 1 aliphatic heterocycles. The largest absolute Gasteiger partial charge is 0.495 e. The number of sulfonamides is 1. The zero-order valence-corrected chi connectivity index (χ0v) is 19.7. The fourth-order valence-corrected chi connectivity index (χ4v) is 6.34. The second kappa shape index (κ2) is 9.53. The number of benzene rings is 2. The highest BCUT2D eigenvalue weighted by molar-refractivity contribution is 7.92. The minimum atomic E-state index is -3.93. The summed E-state index contributed by atoms with van der Waals surface area (Å²) in [4.78, 5) is 15.4. The Morgan fingerprint density at radius 2 is 1.78 bits per heavy atom. The van der Waals surface area contributed by atoms with E-state index in [4.69, 9.17) is 4.74 Å². The average Bonchev–Trinajstić information content (AvgIpc) is 2.83. The molecule has 1 saturated heterocycles. The number of rotatable bonds is 6. The predicted molar refractivity (Wildman–Crippen MR) is 126 cm³/mol. The number of hydrogen-bond donors (Lipinski definition) is 1. The van der Waals surface area contributed by atoms with Gasteiger partial charge in [0.2, 0.25) is 0 Å². The van der Waals surface area contributed by atoms with Crippen LogP contribution in [0.5, 0.6) is 5.75 Å². The van der Waals surface area contributed by atoms with Gasteiger partial charge >= 0.3 is 0 Å². The van der Waals surface area contributed by atoms with Crippen LogP contribution in [0.4, 0.5) is 5.69 Å². The van der Waals surface area contributed by atoms with Crippen molar-refractivity contribution < 1.29 is 17.9 Å². The van der Waals surface area contributed by atoms with E-state index in [-0.39, 0.29) is 22.6 Å². The smallest absolute Gasteiger partial charge is 0.265 e. The van der Waals surface area contributed by atoms with Gasteiger partial charge in [0.25, 0.3) is 15.9 Å². The van der Waals surface area contributed by atoms with Gasteiger partial charge in [-0.1, -0.05) is 31.9 Å². The van der Waals surface area contributed by atoms with E-state index in [1.807, 2.05) is 24.0 Å². The van der Waals surface area contributed by atoms with Crippen molar-refractivity contribution >= 4 is 21.6 Å². The molecule has 4 rings (SSSR count). The van der Waals surface area contributed by atoms with Crippen LogP contribution in [0.15, 0.2) is 47.4 Å². The van der Waals surface area contributed by atoms with Gasteiger partial charge in [0.05, 0.1) is 7.11 Å². The second-order valence-corrected chi connectivity index (χ2v) is 10.4. The van der Waals surface area contributed by atoms with Crippen molar-refractivity contribution in [2.75, 3.05) is 18.4 Å². The molecule has 1 amide bonds. The highest BCUT2D eigenvalue weighted by Crippen LogP contribution is 2.36. The molecule has 1 saturated carbocycles. The van der Waals surface area contributed by atoms with E-state index in [1.54, 1.807) is 24.3 Å². The number of aryl methyl sites for hydroxylation is 1. The minimum Gasteiger partial charge on any atom is -0.495 e. The first-order valence-electron chi connectivity index (χ1n) is 11.5. The van der Waals surface area contributed by atoms with Crippen molar-refractivity contribution in [2.45, 2.75) is 62.8 Å². The maximum atomic E-state index is 13.4. The molecule has 0 radical (unpaired) electrons. The van der Waals surface area contributed by atoms with Crippen LogP contribution < -0.4 is 9.46 Å². The molecule has 2 aromatic carbocycles. The Bertz CT molecular complexity index is 1060. The van der Waals surface area contributed by atoms with Gasteiger partial charge in [0, 0.05) is 23.8 Å². The van der Waals surface area contributed by atoms with Crippen LogP contribution in [-0.4, -0.2) is 38.9 Å². The molecule has 0 bridgehead atoms. The molecule has 1 heterocycles. The zero-order valence-electron chi connectivity index (χ0n) is 18.8. The van der Waals surface area contributed by atoms with Gasteiger partial charge in [0.15, 0.2) is 0 Å². The number of piperidine rings is 1. The number of fused-ring (bicyclic) bond motifs is 1. The molecule has 32 heavy (non-hydrogen) atoms. The molecule has 1 aliphatic carbocycles. The highest BCUT2D eigenvalue weighted by atomic mass is 32.2. The summed E-state index contributed by atoms with van der Waals surface area (Å²) in [5.41, 5.74) is 1.99. The lowest BCUT2D eigenvalue weighted by Crippen LogP contribution is -2.49. The predicted octanol–water partition coefficient (Wildman–Crippen LogP) is 4.85. The Kier molecular flexibility index (Phi) is 6.74. The van der Waals surface area contributed by atoms with Gasteiger partial charge in [-0.15, -0.1) is 0 Å². The number of nitrogens with zero attached hydrogens (tertiary/aromatic N) is 1. The van der Waals surface area contributed by atoms with E-state index in [2.05, 4.69) is 4.72 Å². The van der Waals surface area contributed by atoms with Crippen LogP contribution in [0.3, 0.4) is 0 Å². The first-order chi connectivity index (χ1) is 15.4. The average molecular weight is 457 g/mol. The summed E-state index contributed by atoms with van der Waals surface area (Å²) in [5.74, 6) is 0.692. The molecular weight excluding hydrogens is 424 g/mol. The van der Waals surface area contributed by atoms with E-state index in [0.29, 0.717) is 17.2 Å². The summed E-state index contributed by atoms with van der Waals surface area (Å²) in [7, 11) is -2.50. The molecule has 7 heteroatoms. The first-order valence-corrected chi connectivity index (χ1v) is 13.0. The van der Waals surface area contributed by atoms with Gasteiger partial charge in [-0.05, 0) is 73.9 Å². The van der Waals surface area contributed by atoms with E-state index in [1.165, 1.54) is 32.4 Å². The summed E-state index contributed by atoms with van der Waals surface area (Å²) in [6.07, 6.45) is 7.65. The Labute approximate surface area is 191 Å². The number of nitrogens with one attached hydrogen (secondary N) is 1. The van der Waals surface area contributed by atoms with Crippen molar-refractivity contribution in [2.24, 2.45) is 5.92 Å². The Hall–Kier alpha value is -2.54. The van der Waals surface area contributed by atoms with Crippen molar-refractivity contribution in [3.05, 3.63) is 53.6 Å². The monoisotopic (exact) mass is 456 g/mol. The molecule has 2 atom stereocenters. The standard InChI is InChI=1S/C25H32N2O4S/c1-3-18-10-13-21(14-11-18)26-32(29,30)24-17-20(12-15-23(24)31-2)25(28)27-16-6-8-19-7-4-5-9-22(19)27/h10-15,17,19,22,26H,3-9,16H2,1-2H3. The number of carbonyl (C=O) groups excluding carboxylic acids is 1. The Morgan fingerprint density at radius 3 is 2.50 bits per heavy atom. The molecule has 2 aliphatic rings. The second-order valence-electron chi connectivity index (χ2n) is 8.77. The quantitative estimate of drug-likeness (QED) is 0.674. The maximum absolute atomic E-state index is 13.4. The molecule has 2 aromatic rings. The van der Waals surface area contributed by atoms with Gasteiger partial charge in [-0.25, -0.2) is 8.42 Å². The fraction of sp³-hybridized carbons (Fsp3) is 0.480. The molecule has 0 spiro atoms. The van der Waals surface area contributed by atoms with Crippen molar-refractivity contribution in [1.82, 2.24) is 4.90 Å². The van der Waals surface area contributed by atoms with E-state index in [9.17, 15) is 13.2 Å². The van der Waals surface area contributed by atoms with E-state index >= 15 is 0 Å². The van der Waals surface area contributed by atoms with Crippen LogP contribution in [0.1, 0.15) is 61.4 Å². The molecule has 172 valence electrons. The third kappa shape index (κ3) is 4.63. The van der Waals surface area contributed by atoms with Crippen LogP contribution in [0.2, 0.25) is 0 Å². The number of methoxy groups -OCH3 is 1. The number of ether oxygens (including phenoxy) is 1. The van der Waals surface area contributed by atoms with Crippen LogP contribution >= 0.6 is 0 Å². The maximum Gasteiger partial charge on any atom is 0.265 e. The number of hydrogen-bond acceptors (Lipinski definition) is 4. The summed E-state index contributed by atoms with van der Waals surface area (Å²) in [6.45, 7) is 2.78. The highest BCUT2D eigenvalue weighted by Gasteiger charge is 2.36. The van der Waals surface area contributed by atoms with Crippen LogP contribution in [-0.2, 0) is 16.4 Å². The molecule has 6 nitrogen and oxygen atoms in total. The third-order valence-electron chi connectivity index (χ3n) is 6.82. The molecule has 1 N–H and O–H groups in total. The van der Waals surface area contributed by atoms with Crippen LogP contribution in [0, 0.1) is 5.92 Å². The molecule has 0 aromatic heterocycles. The fourth-order valence-electron chi connectivity index (χ4n) is 5.08. The first kappa shape index (κ1) is 22.6. The summed E-state index contributed by atoms with van der Waals surface area (Å²) < 4.78 is 34.3. The van der Waals surface area contributed by atoms with Gasteiger partial charge in [-0.2, -0.15) is 0 Å². The van der Waals surface area contributed by atoms with Crippen molar-refractivity contribution in [3.8, 4) is 5.75 Å². The number of carbonyl (C=O) groups is 1. The topological polar surface area (TPSA) is 75.7 Å². The van der Waals surface area contributed by atoms with E-state index in [0.717, 1.165) is 37.8 Å². The minimum absolute atomic E-state index is 0.0254. The summed E-state index contributed by atoms with van der Waals surface area (Å²) >= 11 is 0. The van der Waals surface area contributed by atoms with Gasteiger partial charge < -0.3 is 9.64 Å². The lowest BCUT2D eigenvalue weighted by molar-refractivity contribution is 0.0390. The molecule has 2 fully saturated rings. The third-order valence-corrected chi connectivity index (χ3v) is 8.22. The Morgan fingerprint density at radius 1 is 1.06 bits per heavy atom. The lowest BCUT2D eigenvalue weighted by atomic mass is 9.78. The number of anilines is 1. The summed E-state index contributed by atoms with van der Waals surface area (Å²) in [5, 5.41) is 0. The molecule has 2 unspecified atom stereocenters. The normalized spacial score (nSPS) is 21.0. The zero-order chi connectivity index (χ0) is 22.7. The SMILES string of the molecule is CCc1ccc(NS(=O)(=O)c2cc(C(=O)N3CCCC4CCCCC43)ccc2OC)cc1. The number of amides is 1. The van der Waals surface area contributed by atoms with Crippen LogP contribution in [0.25, 0.3) is 0 Å². The van der Waals surface area contributed by atoms with E-state index < -0.39 is 10.0 Å². The van der Waals surface area contributed by atoms with Crippen molar-refractivity contribution in [3.63, 3.8) is 0 Å².